The molecule has 2 N–H and O–H groups in total. The van der Waals surface area contributed by atoms with Crippen LogP contribution in [-0.4, -0.2) is 61.9 Å². The zero-order chi connectivity index (χ0) is 26.2. The lowest BCUT2D eigenvalue weighted by Gasteiger charge is -2.37. The number of carbonyl (C=O) groups is 3. The van der Waals surface area contributed by atoms with Crippen molar-refractivity contribution in [2.24, 2.45) is 0 Å². The van der Waals surface area contributed by atoms with Gasteiger partial charge in [0.05, 0.1) is 32.6 Å². The molecule has 0 saturated heterocycles. The van der Waals surface area contributed by atoms with Gasteiger partial charge in [0.2, 0.25) is 5.91 Å². The van der Waals surface area contributed by atoms with Crippen molar-refractivity contribution in [2.75, 3.05) is 25.7 Å². The third kappa shape index (κ3) is 6.15. The lowest BCUT2D eigenvalue weighted by molar-refractivity contribution is -0.146. The molecule has 0 aromatic heterocycles. The van der Waals surface area contributed by atoms with E-state index < -0.39 is 36.0 Å². The van der Waals surface area contributed by atoms with Gasteiger partial charge in [-0.15, -0.1) is 0 Å². The first-order valence-electron chi connectivity index (χ1n) is 12.1. The molecule has 36 heavy (non-hydrogen) atoms. The number of methoxy groups -OCH3 is 2. The van der Waals surface area contributed by atoms with Gasteiger partial charge in [-0.2, -0.15) is 0 Å². The Morgan fingerprint density at radius 3 is 2.39 bits per heavy atom. The summed E-state index contributed by atoms with van der Waals surface area (Å²) in [5.41, 5.74) is 2.31. The summed E-state index contributed by atoms with van der Waals surface area (Å²) in [6.45, 7) is 3.57. The number of aliphatic carboxylic acids is 1. The van der Waals surface area contributed by atoms with Gasteiger partial charge in [0.1, 0.15) is 12.1 Å². The number of carboxylic acid groups (broad SMARTS) is 1. The zero-order valence-electron chi connectivity index (χ0n) is 21.2. The van der Waals surface area contributed by atoms with E-state index in [0.29, 0.717) is 36.4 Å². The third-order valence-corrected chi connectivity index (χ3v) is 6.32. The minimum atomic E-state index is -1.10. The van der Waals surface area contributed by atoms with Crippen molar-refractivity contribution in [2.45, 2.75) is 57.7 Å². The number of anilines is 1. The Morgan fingerprint density at radius 1 is 1.11 bits per heavy atom. The van der Waals surface area contributed by atoms with E-state index in [9.17, 15) is 19.5 Å². The summed E-state index contributed by atoms with van der Waals surface area (Å²) in [4.78, 5) is 39.8. The first-order chi connectivity index (χ1) is 17.3. The fourth-order valence-electron chi connectivity index (χ4n) is 4.48. The number of fused-ring (bicyclic) bond motifs is 1. The van der Waals surface area contributed by atoms with E-state index in [1.54, 1.807) is 26.0 Å². The predicted octanol–water partition coefficient (Wildman–Crippen LogP) is 2.98. The average molecular weight is 499 g/mol. The number of amides is 1. The number of carboxylic acids is 1. The number of aryl methyl sites for hydroxylation is 2. The molecule has 1 amide bonds. The monoisotopic (exact) mass is 498 g/mol. The van der Waals surface area contributed by atoms with Crippen molar-refractivity contribution in [1.29, 1.82) is 0 Å². The SMILES string of the molecule is CCOC(=O)C(CCc1ccccc1)N[C@@H](C)C(=O)N1c2cc(OC)c(OC)cc2CC[C@H]1C(=O)O. The second kappa shape index (κ2) is 12.4. The number of benzene rings is 2. The highest BCUT2D eigenvalue weighted by Crippen LogP contribution is 2.40. The largest absolute Gasteiger partial charge is 0.493 e. The van der Waals surface area contributed by atoms with E-state index in [4.69, 9.17) is 14.2 Å². The van der Waals surface area contributed by atoms with E-state index >= 15 is 0 Å². The number of esters is 1. The van der Waals surface area contributed by atoms with E-state index in [1.165, 1.54) is 19.1 Å². The van der Waals surface area contributed by atoms with Crippen molar-refractivity contribution < 1.29 is 33.7 Å². The van der Waals surface area contributed by atoms with Crippen molar-refractivity contribution in [3.05, 3.63) is 53.6 Å². The highest BCUT2D eigenvalue weighted by atomic mass is 16.5. The van der Waals surface area contributed by atoms with Gasteiger partial charge in [0.15, 0.2) is 11.5 Å². The highest BCUT2D eigenvalue weighted by molar-refractivity contribution is 6.03. The van der Waals surface area contributed by atoms with Gasteiger partial charge in [-0.3, -0.25) is 19.8 Å². The summed E-state index contributed by atoms with van der Waals surface area (Å²) in [5.74, 6) is -1.10. The van der Waals surface area contributed by atoms with Crippen LogP contribution < -0.4 is 19.7 Å². The van der Waals surface area contributed by atoms with E-state index in [1.807, 2.05) is 30.3 Å². The molecule has 0 fully saturated rings. The first kappa shape index (κ1) is 27.0. The molecule has 2 aromatic carbocycles. The van der Waals surface area contributed by atoms with Crippen LogP contribution >= 0.6 is 0 Å². The fraction of sp³-hybridized carbons (Fsp3) is 0.444. The maximum absolute atomic E-state index is 13.7. The van der Waals surface area contributed by atoms with Crippen LogP contribution in [-0.2, 0) is 32.0 Å². The molecular formula is C27H34N2O7. The summed E-state index contributed by atoms with van der Waals surface area (Å²) in [6, 6.07) is 10.5. The maximum Gasteiger partial charge on any atom is 0.326 e. The molecule has 9 heteroatoms. The highest BCUT2D eigenvalue weighted by Gasteiger charge is 2.39. The van der Waals surface area contributed by atoms with Gasteiger partial charge >= 0.3 is 11.9 Å². The van der Waals surface area contributed by atoms with Crippen LogP contribution in [0.3, 0.4) is 0 Å². The lowest BCUT2D eigenvalue weighted by atomic mass is 9.94. The van der Waals surface area contributed by atoms with Gasteiger partial charge in [-0.05, 0) is 56.7 Å². The number of hydrogen-bond donors (Lipinski definition) is 2. The molecule has 0 saturated carbocycles. The number of rotatable bonds is 11. The van der Waals surface area contributed by atoms with Crippen molar-refractivity contribution >= 4 is 23.5 Å². The average Bonchev–Trinajstić information content (AvgIpc) is 2.89. The standard InChI is InChI=1S/C27H34N2O7/c1-5-36-27(33)20(13-11-18-9-7-6-8-10-18)28-17(2)25(30)29-21(26(31)32)14-12-19-15-23(34-3)24(35-4)16-22(19)29/h6-10,15-17,20-21,28H,5,11-14H2,1-4H3,(H,31,32)/t17-,20?,21-/m0/s1. The van der Waals surface area contributed by atoms with Gasteiger partial charge in [0.25, 0.3) is 0 Å². The smallest absolute Gasteiger partial charge is 0.326 e. The van der Waals surface area contributed by atoms with E-state index in [0.717, 1.165) is 11.1 Å². The first-order valence-corrected chi connectivity index (χ1v) is 12.1. The second-order valence-corrected chi connectivity index (χ2v) is 8.65. The van der Waals surface area contributed by atoms with Crippen molar-refractivity contribution in [1.82, 2.24) is 5.32 Å². The number of nitrogens with one attached hydrogen (secondary N) is 1. The topological polar surface area (TPSA) is 114 Å². The second-order valence-electron chi connectivity index (χ2n) is 8.65. The van der Waals surface area contributed by atoms with Gasteiger partial charge in [-0.1, -0.05) is 30.3 Å². The Labute approximate surface area is 211 Å². The molecule has 0 spiro atoms. The Morgan fingerprint density at radius 2 is 1.78 bits per heavy atom. The summed E-state index contributed by atoms with van der Waals surface area (Å²) in [7, 11) is 3.00. The molecule has 0 radical (unpaired) electrons. The Balaban J connectivity index is 1.87. The van der Waals surface area contributed by atoms with Crippen LogP contribution in [0.2, 0.25) is 0 Å². The summed E-state index contributed by atoms with van der Waals surface area (Å²) < 4.78 is 16.0. The molecule has 2 aromatic rings. The minimum absolute atomic E-state index is 0.215. The van der Waals surface area contributed by atoms with Crippen LogP contribution in [0.15, 0.2) is 42.5 Å². The molecule has 1 heterocycles. The van der Waals surface area contributed by atoms with Crippen LogP contribution in [0.5, 0.6) is 11.5 Å². The maximum atomic E-state index is 13.7. The molecule has 0 aliphatic carbocycles. The van der Waals surface area contributed by atoms with Crippen molar-refractivity contribution in [3.63, 3.8) is 0 Å². The van der Waals surface area contributed by atoms with Crippen molar-refractivity contribution in [3.8, 4) is 11.5 Å². The van der Waals surface area contributed by atoms with Crippen LogP contribution in [0.25, 0.3) is 0 Å². The fourth-order valence-corrected chi connectivity index (χ4v) is 4.48. The molecule has 1 aliphatic rings. The lowest BCUT2D eigenvalue weighted by Crippen LogP contribution is -2.56. The number of nitrogens with zero attached hydrogens (tertiary/aromatic N) is 1. The Bertz CT molecular complexity index is 1070. The predicted molar refractivity (Wildman–Crippen MR) is 135 cm³/mol. The van der Waals surface area contributed by atoms with Gasteiger partial charge in [0, 0.05) is 6.07 Å². The molecule has 3 atom stereocenters. The molecule has 9 nitrogen and oxygen atoms in total. The summed E-state index contributed by atoms with van der Waals surface area (Å²) in [5, 5.41) is 13.0. The van der Waals surface area contributed by atoms with Gasteiger partial charge < -0.3 is 19.3 Å². The van der Waals surface area contributed by atoms with Gasteiger partial charge in [-0.25, -0.2) is 4.79 Å². The number of ether oxygens (including phenoxy) is 3. The normalized spacial score (nSPS) is 16.4. The van der Waals surface area contributed by atoms with Crippen LogP contribution in [0.4, 0.5) is 5.69 Å². The minimum Gasteiger partial charge on any atom is -0.493 e. The number of carbonyl (C=O) groups excluding carboxylic acids is 2. The summed E-state index contributed by atoms with van der Waals surface area (Å²) >= 11 is 0. The Kier molecular flexibility index (Phi) is 9.30. The Hall–Kier alpha value is -3.59. The molecule has 194 valence electrons. The molecule has 1 unspecified atom stereocenters. The molecular weight excluding hydrogens is 464 g/mol. The molecule has 3 rings (SSSR count). The van der Waals surface area contributed by atoms with E-state index in [-0.39, 0.29) is 13.0 Å². The molecule has 0 bridgehead atoms. The molecule has 1 aliphatic heterocycles. The number of hydrogen-bond acceptors (Lipinski definition) is 7. The summed E-state index contributed by atoms with van der Waals surface area (Å²) in [6.07, 6.45) is 1.76. The van der Waals surface area contributed by atoms with E-state index in [2.05, 4.69) is 5.32 Å². The van der Waals surface area contributed by atoms with Crippen LogP contribution in [0.1, 0.15) is 37.8 Å². The zero-order valence-corrected chi connectivity index (χ0v) is 21.2. The van der Waals surface area contributed by atoms with Crippen LogP contribution in [0, 0.1) is 0 Å². The quantitative estimate of drug-likeness (QED) is 0.455. The third-order valence-electron chi connectivity index (χ3n) is 6.32.